The summed E-state index contributed by atoms with van der Waals surface area (Å²) in [5, 5.41) is 5.20. The number of nitrogens with zero attached hydrogens (tertiary/aromatic N) is 1. The van der Waals surface area contributed by atoms with Gasteiger partial charge in [0.05, 0.1) is 5.69 Å². The number of aromatic amines is 1. The molecule has 21 heavy (non-hydrogen) atoms. The number of para-hydroxylation sites is 1. The average molecular weight is 298 g/mol. The number of benzene rings is 1. The van der Waals surface area contributed by atoms with E-state index in [2.05, 4.69) is 57.5 Å². The standard InChI is InChI=1S/C9H9N.C7H5NO2S/c1-10-7-6-8-4-2-3-5-9(8)10;9-7-8-6(3-10-7)5-1-2-11-4-5/h2-7H,1H3;1-4H,(H,8,9). The Bertz CT molecular complexity index is 884. The van der Waals surface area contributed by atoms with Gasteiger partial charge in [0.1, 0.15) is 6.26 Å². The van der Waals surface area contributed by atoms with Gasteiger partial charge < -0.3 is 8.98 Å². The zero-order chi connectivity index (χ0) is 14.7. The molecule has 4 nitrogen and oxygen atoms in total. The zero-order valence-corrected chi connectivity index (χ0v) is 12.3. The predicted molar refractivity (Wildman–Crippen MR) is 85.6 cm³/mol. The van der Waals surface area contributed by atoms with Crippen LogP contribution in [0.4, 0.5) is 0 Å². The Morgan fingerprint density at radius 1 is 1.19 bits per heavy atom. The maximum atomic E-state index is 10.6. The highest BCUT2D eigenvalue weighted by Gasteiger charge is 2.00. The van der Waals surface area contributed by atoms with Crippen LogP contribution in [-0.2, 0) is 7.05 Å². The second-order valence-electron chi connectivity index (χ2n) is 4.56. The normalized spacial score (nSPS) is 10.3. The molecule has 0 saturated heterocycles. The molecule has 0 aliphatic carbocycles. The fourth-order valence-electron chi connectivity index (χ4n) is 2.06. The molecule has 1 aromatic carbocycles. The van der Waals surface area contributed by atoms with Crippen molar-refractivity contribution in [3.63, 3.8) is 0 Å². The van der Waals surface area contributed by atoms with Gasteiger partial charge in [-0.05, 0) is 29.0 Å². The van der Waals surface area contributed by atoms with E-state index in [0.717, 1.165) is 11.3 Å². The van der Waals surface area contributed by atoms with Crippen molar-refractivity contribution in [2.45, 2.75) is 0 Å². The van der Waals surface area contributed by atoms with E-state index in [0.29, 0.717) is 0 Å². The van der Waals surface area contributed by atoms with Gasteiger partial charge in [0, 0.05) is 29.7 Å². The summed E-state index contributed by atoms with van der Waals surface area (Å²) in [5.74, 6) is -0.411. The molecule has 0 saturated carbocycles. The summed E-state index contributed by atoms with van der Waals surface area (Å²) in [6.07, 6.45) is 3.50. The van der Waals surface area contributed by atoms with E-state index in [1.54, 1.807) is 11.3 Å². The Morgan fingerprint density at radius 3 is 2.71 bits per heavy atom. The number of rotatable bonds is 1. The van der Waals surface area contributed by atoms with Crippen molar-refractivity contribution in [1.29, 1.82) is 0 Å². The third-order valence-corrected chi connectivity index (χ3v) is 3.83. The van der Waals surface area contributed by atoms with Gasteiger partial charge >= 0.3 is 5.76 Å². The van der Waals surface area contributed by atoms with Gasteiger partial charge in [-0.15, -0.1) is 0 Å². The second-order valence-corrected chi connectivity index (χ2v) is 5.34. The minimum Gasteiger partial charge on any atom is -0.416 e. The van der Waals surface area contributed by atoms with Crippen molar-refractivity contribution in [2.75, 3.05) is 0 Å². The third-order valence-electron chi connectivity index (χ3n) is 3.15. The number of aryl methyl sites for hydroxylation is 1. The molecule has 0 fully saturated rings. The highest BCUT2D eigenvalue weighted by atomic mass is 32.1. The fraction of sp³-hybridized carbons (Fsp3) is 0.0625. The maximum absolute atomic E-state index is 10.6. The average Bonchev–Trinajstić information content (AvgIpc) is 3.21. The summed E-state index contributed by atoms with van der Waals surface area (Å²) >= 11 is 1.58. The Balaban J connectivity index is 0.000000126. The van der Waals surface area contributed by atoms with Crippen molar-refractivity contribution in [3.8, 4) is 11.3 Å². The number of nitrogens with one attached hydrogen (secondary N) is 1. The first-order chi connectivity index (χ1) is 10.2. The highest BCUT2D eigenvalue weighted by molar-refractivity contribution is 7.08. The van der Waals surface area contributed by atoms with Crippen LogP contribution in [0.2, 0.25) is 0 Å². The first kappa shape index (κ1) is 13.5. The molecule has 5 heteroatoms. The van der Waals surface area contributed by atoms with Crippen molar-refractivity contribution in [2.24, 2.45) is 7.05 Å². The summed E-state index contributed by atoms with van der Waals surface area (Å²) < 4.78 is 6.70. The minimum atomic E-state index is -0.411. The first-order valence-electron chi connectivity index (χ1n) is 6.44. The quantitative estimate of drug-likeness (QED) is 0.580. The van der Waals surface area contributed by atoms with Crippen molar-refractivity contribution >= 4 is 22.2 Å². The van der Waals surface area contributed by atoms with Crippen molar-refractivity contribution < 1.29 is 4.42 Å². The Labute approximate surface area is 125 Å². The molecule has 1 N–H and O–H groups in total. The summed E-state index contributed by atoms with van der Waals surface area (Å²) in [6, 6.07) is 12.4. The number of H-pyrrole nitrogens is 1. The van der Waals surface area contributed by atoms with E-state index in [9.17, 15) is 4.79 Å². The molecular weight excluding hydrogens is 284 g/mol. The van der Waals surface area contributed by atoms with E-state index in [1.807, 2.05) is 16.8 Å². The maximum Gasteiger partial charge on any atom is 0.416 e. The van der Waals surface area contributed by atoms with Gasteiger partial charge in [0.2, 0.25) is 0 Å². The van der Waals surface area contributed by atoms with Crippen LogP contribution in [0.15, 0.2) is 68.8 Å². The van der Waals surface area contributed by atoms with E-state index in [-0.39, 0.29) is 0 Å². The van der Waals surface area contributed by atoms with Crippen LogP contribution >= 0.6 is 11.3 Å². The lowest BCUT2D eigenvalue weighted by Crippen LogP contribution is -1.94. The van der Waals surface area contributed by atoms with E-state index in [1.165, 1.54) is 17.2 Å². The molecule has 0 unspecified atom stereocenters. The number of oxazole rings is 1. The summed E-state index contributed by atoms with van der Waals surface area (Å²) in [7, 11) is 2.06. The lowest BCUT2D eigenvalue weighted by atomic mass is 10.2. The molecule has 106 valence electrons. The molecule has 3 heterocycles. The van der Waals surface area contributed by atoms with Crippen LogP contribution in [0.1, 0.15) is 0 Å². The third kappa shape index (κ3) is 2.98. The lowest BCUT2D eigenvalue weighted by Gasteiger charge is -1.92. The Hall–Kier alpha value is -2.53. The molecule has 4 rings (SSSR count). The van der Waals surface area contributed by atoms with Crippen LogP contribution in [0.5, 0.6) is 0 Å². The molecule has 4 aromatic rings. The largest absolute Gasteiger partial charge is 0.416 e. The van der Waals surface area contributed by atoms with Gasteiger partial charge in [0.15, 0.2) is 0 Å². The number of hydrogen-bond acceptors (Lipinski definition) is 3. The van der Waals surface area contributed by atoms with Crippen LogP contribution in [0.25, 0.3) is 22.2 Å². The molecule has 3 aromatic heterocycles. The number of fused-ring (bicyclic) bond motifs is 1. The molecule has 0 bridgehead atoms. The Morgan fingerprint density at radius 2 is 2.05 bits per heavy atom. The van der Waals surface area contributed by atoms with Gasteiger partial charge in [-0.25, -0.2) is 4.79 Å². The van der Waals surface area contributed by atoms with E-state index < -0.39 is 5.76 Å². The summed E-state index contributed by atoms with van der Waals surface area (Å²) in [6.45, 7) is 0. The van der Waals surface area contributed by atoms with E-state index >= 15 is 0 Å². The van der Waals surface area contributed by atoms with Crippen LogP contribution in [0.3, 0.4) is 0 Å². The predicted octanol–water partition coefficient (Wildman–Crippen LogP) is 3.87. The number of thiophene rings is 1. The molecule has 0 amide bonds. The fourth-order valence-corrected chi connectivity index (χ4v) is 2.72. The lowest BCUT2D eigenvalue weighted by molar-refractivity contribution is 0.515. The van der Waals surface area contributed by atoms with Crippen molar-refractivity contribution in [1.82, 2.24) is 9.55 Å². The second kappa shape index (κ2) is 5.85. The number of hydrogen-bond donors (Lipinski definition) is 1. The Kier molecular flexibility index (Phi) is 3.75. The molecule has 0 aliphatic heterocycles. The van der Waals surface area contributed by atoms with Gasteiger partial charge in [-0.1, -0.05) is 18.2 Å². The highest BCUT2D eigenvalue weighted by Crippen LogP contribution is 2.18. The smallest absolute Gasteiger partial charge is 0.416 e. The zero-order valence-electron chi connectivity index (χ0n) is 11.4. The molecule has 0 aliphatic rings. The van der Waals surface area contributed by atoms with Gasteiger partial charge in [0.25, 0.3) is 0 Å². The van der Waals surface area contributed by atoms with Crippen LogP contribution in [0, 0.1) is 0 Å². The minimum absolute atomic E-state index is 0.411. The monoisotopic (exact) mass is 298 g/mol. The van der Waals surface area contributed by atoms with Crippen LogP contribution < -0.4 is 5.76 Å². The molecular formula is C16H14N2O2S. The number of aromatic nitrogens is 2. The van der Waals surface area contributed by atoms with Crippen molar-refractivity contribution in [3.05, 3.63) is 70.2 Å². The summed E-state index contributed by atoms with van der Waals surface area (Å²) in [5.41, 5.74) is 3.01. The first-order valence-corrected chi connectivity index (χ1v) is 7.39. The molecule has 0 radical (unpaired) electrons. The topological polar surface area (TPSA) is 50.9 Å². The summed E-state index contributed by atoms with van der Waals surface area (Å²) in [4.78, 5) is 13.1. The van der Waals surface area contributed by atoms with E-state index in [4.69, 9.17) is 0 Å². The van der Waals surface area contributed by atoms with Crippen LogP contribution in [-0.4, -0.2) is 9.55 Å². The SMILES string of the molecule is Cn1ccc2ccccc21.O=c1[nH]c(-c2ccsc2)co1. The molecule has 0 atom stereocenters. The van der Waals surface area contributed by atoms with Gasteiger partial charge in [-0.3, -0.25) is 4.98 Å². The van der Waals surface area contributed by atoms with Gasteiger partial charge in [-0.2, -0.15) is 11.3 Å². The molecule has 0 spiro atoms.